The van der Waals surface area contributed by atoms with Crippen molar-refractivity contribution < 1.29 is 0 Å². The molecule has 3 nitrogen and oxygen atoms in total. The van der Waals surface area contributed by atoms with Crippen molar-refractivity contribution in [2.75, 3.05) is 0 Å². The molecule has 0 aromatic rings. The molecular weight excluding hydrogens is 178 g/mol. The number of nitrogens with zero attached hydrogens (tertiary/aromatic N) is 2. The Morgan fingerprint density at radius 2 is 1.85 bits per heavy atom. The lowest BCUT2D eigenvalue weighted by Crippen LogP contribution is -2.31. The van der Waals surface area contributed by atoms with Gasteiger partial charge in [-0.15, -0.1) is 0 Å². The van der Waals surface area contributed by atoms with Crippen molar-refractivity contribution in [3.63, 3.8) is 0 Å². The van der Waals surface area contributed by atoms with Gasteiger partial charge in [-0.1, -0.05) is 19.6 Å². The molecule has 13 heavy (non-hydrogen) atoms. The molecule has 0 heterocycles. The van der Waals surface area contributed by atoms with Crippen molar-refractivity contribution in [2.45, 2.75) is 19.6 Å². The van der Waals surface area contributed by atoms with Crippen LogP contribution < -0.4 is 5.32 Å². The molecule has 0 radical (unpaired) electrons. The van der Waals surface area contributed by atoms with Crippen LogP contribution in [0.4, 0.5) is 0 Å². The number of hydrogen-bond donors (Lipinski definition) is 1. The highest BCUT2D eigenvalue weighted by atomic mass is 28.3. The third-order valence-corrected chi connectivity index (χ3v) is 3.32. The molecule has 4 heteroatoms. The van der Waals surface area contributed by atoms with Crippen LogP contribution in [0.1, 0.15) is 0 Å². The van der Waals surface area contributed by atoms with Gasteiger partial charge in [0.05, 0.1) is 20.2 Å². The Morgan fingerprint density at radius 1 is 1.23 bits per heavy atom. The lowest BCUT2D eigenvalue weighted by Gasteiger charge is -2.19. The molecular formula is C9H13N3Si. The molecule has 68 valence electrons. The Balaban J connectivity index is 4.52. The maximum Gasteiger partial charge on any atom is 0.0991 e. The van der Waals surface area contributed by atoms with Crippen LogP contribution in [0.15, 0.2) is 23.7 Å². The molecule has 0 aliphatic rings. The summed E-state index contributed by atoms with van der Waals surface area (Å²) < 4.78 is 0. The van der Waals surface area contributed by atoms with E-state index in [2.05, 4.69) is 25.0 Å². The summed E-state index contributed by atoms with van der Waals surface area (Å²) in [6.07, 6.45) is 4.42. The third-order valence-electron chi connectivity index (χ3n) is 1.41. The Bertz CT molecular complexity index is 296. The highest BCUT2D eigenvalue weighted by molar-refractivity contribution is 6.83. The first-order valence-electron chi connectivity index (χ1n) is 3.94. The van der Waals surface area contributed by atoms with Crippen molar-refractivity contribution >= 4 is 8.07 Å². The molecule has 0 aliphatic carbocycles. The van der Waals surface area contributed by atoms with Crippen LogP contribution in [-0.4, -0.2) is 8.07 Å². The lowest BCUT2D eigenvalue weighted by molar-refractivity contribution is 1.13. The minimum atomic E-state index is -1.49. The van der Waals surface area contributed by atoms with E-state index in [1.165, 1.54) is 12.2 Å². The average Bonchev–Trinajstić information content (AvgIpc) is 2.01. The summed E-state index contributed by atoms with van der Waals surface area (Å²) in [5.74, 6) is 0. The van der Waals surface area contributed by atoms with Gasteiger partial charge in [0.2, 0.25) is 0 Å². The van der Waals surface area contributed by atoms with Gasteiger partial charge in [0, 0.05) is 23.7 Å². The first-order valence-corrected chi connectivity index (χ1v) is 7.44. The zero-order chi connectivity index (χ0) is 10.3. The third kappa shape index (κ3) is 4.84. The molecule has 0 saturated carbocycles. The average molecular weight is 191 g/mol. The summed E-state index contributed by atoms with van der Waals surface area (Å²) in [7, 11) is -1.49. The molecule has 0 spiro atoms. The summed E-state index contributed by atoms with van der Waals surface area (Å²) >= 11 is 0. The zero-order valence-electron chi connectivity index (χ0n) is 8.13. The zero-order valence-corrected chi connectivity index (χ0v) is 9.13. The van der Waals surface area contributed by atoms with Crippen LogP contribution in [-0.2, 0) is 0 Å². The fourth-order valence-corrected chi connectivity index (χ4v) is 1.72. The Labute approximate surface area is 80.0 Å². The summed E-state index contributed by atoms with van der Waals surface area (Å²) in [5.41, 5.74) is 0. The number of nitrogens with one attached hydrogen (secondary N) is 1. The van der Waals surface area contributed by atoms with E-state index in [-0.39, 0.29) is 0 Å². The summed E-state index contributed by atoms with van der Waals surface area (Å²) in [6, 6.07) is 3.87. The fourth-order valence-electron chi connectivity index (χ4n) is 0.708. The van der Waals surface area contributed by atoms with E-state index >= 15 is 0 Å². The lowest BCUT2D eigenvalue weighted by atomic mass is 10.6. The van der Waals surface area contributed by atoms with Crippen molar-refractivity contribution in [3.8, 4) is 12.1 Å². The molecule has 0 fully saturated rings. The van der Waals surface area contributed by atoms with Gasteiger partial charge in [-0.05, 0) is 0 Å². The van der Waals surface area contributed by atoms with Crippen LogP contribution in [0.3, 0.4) is 0 Å². The first kappa shape index (κ1) is 11.5. The van der Waals surface area contributed by atoms with Crippen LogP contribution in [0, 0.1) is 22.7 Å². The number of hydrogen-bond acceptors (Lipinski definition) is 3. The van der Waals surface area contributed by atoms with Crippen LogP contribution in [0.2, 0.25) is 19.6 Å². The fraction of sp³-hybridized carbons (Fsp3) is 0.333. The smallest absolute Gasteiger partial charge is 0.0991 e. The van der Waals surface area contributed by atoms with Crippen LogP contribution >= 0.6 is 0 Å². The van der Waals surface area contributed by atoms with Crippen molar-refractivity contribution in [1.82, 2.24) is 5.32 Å². The van der Waals surface area contributed by atoms with Gasteiger partial charge in [-0.2, -0.15) is 10.5 Å². The molecule has 0 aliphatic heterocycles. The molecule has 0 aromatic carbocycles. The second kappa shape index (κ2) is 5.18. The van der Waals surface area contributed by atoms with Gasteiger partial charge in [0.25, 0.3) is 0 Å². The SMILES string of the molecule is C[Si](C)(C)C(=CC#N)NC=CC#N. The van der Waals surface area contributed by atoms with Gasteiger partial charge in [0.15, 0.2) is 0 Å². The van der Waals surface area contributed by atoms with E-state index in [1.807, 2.05) is 12.1 Å². The molecule has 1 N–H and O–H groups in total. The second-order valence-electron chi connectivity index (χ2n) is 3.54. The van der Waals surface area contributed by atoms with Gasteiger partial charge < -0.3 is 5.32 Å². The van der Waals surface area contributed by atoms with E-state index in [0.717, 1.165) is 5.32 Å². The van der Waals surface area contributed by atoms with Gasteiger partial charge in [0.1, 0.15) is 0 Å². The molecule has 0 rings (SSSR count). The molecule has 0 saturated heterocycles. The molecule has 0 unspecified atom stereocenters. The monoisotopic (exact) mass is 191 g/mol. The Kier molecular flexibility index (Phi) is 4.57. The van der Waals surface area contributed by atoms with Crippen molar-refractivity contribution in [3.05, 3.63) is 23.7 Å². The number of rotatable bonds is 3. The second-order valence-corrected chi connectivity index (χ2v) is 8.58. The molecule has 0 atom stereocenters. The number of allylic oxidation sites excluding steroid dienone is 2. The first-order chi connectivity index (χ1) is 6.02. The predicted molar refractivity (Wildman–Crippen MR) is 54.9 cm³/mol. The molecule has 0 aromatic heterocycles. The maximum absolute atomic E-state index is 8.52. The minimum Gasteiger partial charge on any atom is -0.367 e. The van der Waals surface area contributed by atoms with E-state index in [0.29, 0.717) is 0 Å². The summed E-state index contributed by atoms with van der Waals surface area (Å²) in [6.45, 7) is 6.39. The molecule has 0 bridgehead atoms. The quantitative estimate of drug-likeness (QED) is 0.547. The standard InChI is InChI=1S/C9H13N3Si/c1-13(2,3)9(5-7-11)12-8-4-6-10/h4-5,8,12H,1-3H3. The van der Waals surface area contributed by atoms with Crippen LogP contribution in [0.25, 0.3) is 0 Å². The van der Waals surface area contributed by atoms with E-state index in [1.54, 1.807) is 6.20 Å². The highest BCUT2D eigenvalue weighted by Crippen LogP contribution is 2.10. The maximum atomic E-state index is 8.52. The molecule has 0 amide bonds. The highest BCUT2D eigenvalue weighted by Gasteiger charge is 2.18. The van der Waals surface area contributed by atoms with Gasteiger partial charge in [-0.25, -0.2) is 0 Å². The normalized spacial score (nSPS) is 12.2. The summed E-state index contributed by atoms with van der Waals surface area (Å²) in [4.78, 5) is 0. The van der Waals surface area contributed by atoms with Gasteiger partial charge >= 0.3 is 0 Å². The topological polar surface area (TPSA) is 59.6 Å². The van der Waals surface area contributed by atoms with Crippen LogP contribution in [0.5, 0.6) is 0 Å². The largest absolute Gasteiger partial charge is 0.367 e. The Hall–Kier alpha value is -1.52. The van der Waals surface area contributed by atoms with Crippen molar-refractivity contribution in [1.29, 1.82) is 10.5 Å². The van der Waals surface area contributed by atoms with E-state index < -0.39 is 8.07 Å². The minimum absolute atomic E-state index is 0.932. The van der Waals surface area contributed by atoms with Crippen molar-refractivity contribution in [2.24, 2.45) is 0 Å². The van der Waals surface area contributed by atoms with E-state index in [9.17, 15) is 0 Å². The Morgan fingerprint density at radius 3 is 2.23 bits per heavy atom. The van der Waals surface area contributed by atoms with Gasteiger partial charge in [-0.3, -0.25) is 0 Å². The number of nitriles is 2. The predicted octanol–water partition coefficient (Wildman–Crippen LogP) is 1.90. The summed E-state index contributed by atoms with van der Waals surface area (Å²) in [5, 5.41) is 20.7. The van der Waals surface area contributed by atoms with E-state index in [4.69, 9.17) is 10.5 Å².